The summed E-state index contributed by atoms with van der Waals surface area (Å²) in [5, 5.41) is 5.49. The van der Waals surface area contributed by atoms with E-state index in [1.165, 1.54) is 0 Å². The Morgan fingerprint density at radius 1 is 0.951 bits per heavy atom. The van der Waals surface area contributed by atoms with Gasteiger partial charge in [-0.3, -0.25) is 0 Å². The number of H-pyrrole nitrogens is 2. The van der Waals surface area contributed by atoms with Crippen molar-refractivity contribution in [1.82, 2.24) is 4.98 Å². The molecule has 3 aromatic carbocycles. The molecule has 0 unspecified atom stereocenters. The molecule has 5 rings (SSSR count). The molecule has 1 atom stereocenters. The van der Waals surface area contributed by atoms with E-state index in [4.69, 9.17) is 37.4 Å². The second-order valence-electron chi connectivity index (χ2n) is 9.14. The summed E-state index contributed by atoms with van der Waals surface area (Å²) in [6, 6.07) is 20.9. The Morgan fingerprint density at radius 3 is 2.39 bits per heavy atom. The summed E-state index contributed by atoms with van der Waals surface area (Å²) >= 11 is 12.9. The van der Waals surface area contributed by atoms with E-state index in [2.05, 4.69) is 21.4 Å². The zero-order valence-corrected chi connectivity index (χ0v) is 23.9. The number of ether oxygens (including phenoxy) is 3. The third-order valence-electron chi connectivity index (χ3n) is 6.67. The SMILES string of the molecule is COc1ccc([C@H](Cc2c(Cl)c[nH+]cc2Cl)OC(=O)c2ccc(CNc3cccc4cc[nH]c34)cc2)cc1OC.[OH-]. The Morgan fingerprint density at radius 2 is 1.68 bits per heavy atom. The Hall–Kier alpha value is -4.24. The third-order valence-corrected chi connectivity index (χ3v) is 7.35. The number of hydrogen-bond acceptors (Lipinski definition) is 6. The minimum absolute atomic E-state index is 0. The minimum Gasteiger partial charge on any atom is -0.870 e. The maximum atomic E-state index is 13.3. The van der Waals surface area contributed by atoms with Crippen LogP contribution in [-0.4, -0.2) is 30.6 Å². The average molecular weight is 594 g/mol. The predicted molar refractivity (Wildman–Crippen MR) is 158 cm³/mol. The largest absolute Gasteiger partial charge is 0.870 e. The van der Waals surface area contributed by atoms with Crippen molar-refractivity contribution in [3.05, 3.63) is 118 Å². The van der Waals surface area contributed by atoms with Gasteiger partial charge < -0.3 is 30.0 Å². The van der Waals surface area contributed by atoms with Gasteiger partial charge in [0.1, 0.15) is 16.1 Å². The number of hydrogen-bond donors (Lipinski definition) is 2. The number of methoxy groups -OCH3 is 2. The highest BCUT2D eigenvalue weighted by Crippen LogP contribution is 2.35. The van der Waals surface area contributed by atoms with Gasteiger partial charge in [-0.05, 0) is 47.5 Å². The van der Waals surface area contributed by atoms with Gasteiger partial charge in [-0.25, -0.2) is 9.78 Å². The van der Waals surface area contributed by atoms with Gasteiger partial charge in [0.15, 0.2) is 23.9 Å². The van der Waals surface area contributed by atoms with Crippen molar-refractivity contribution in [2.75, 3.05) is 19.5 Å². The number of rotatable bonds is 10. The molecule has 10 heteroatoms. The number of pyridine rings is 1. The van der Waals surface area contributed by atoms with Crippen molar-refractivity contribution in [3.63, 3.8) is 0 Å². The van der Waals surface area contributed by atoms with Gasteiger partial charge in [-0.15, -0.1) is 0 Å². The first-order valence-electron chi connectivity index (χ1n) is 12.6. The normalized spacial score (nSPS) is 11.4. The number of aromatic nitrogens is 2. The molecule has 212 valence electrons. The fraction of sp³-hybridized carbons (Fsp3) is 0.161. The number of fused-ring (bicyclic) bond motifs is 1. The van der Waals surface area contributed by atoms with Gasteiger partial charge in [0.2, 0.25) is 0 Å². The average Bonchev–Trinajstić information content (AvgIpc) is 3.47. The number of carbonyl (C=O) groups excluding carboxylic acids is 1. The number of nitrogens with one attached hydrogen (secondary N) is 3. The smallest absolute Gasteiger partial charge is 0.338 e. The second-order valence-corrected chi connectivity index (χ2v) is 9.95. The first-order chi connectivity index (χ1) is 19.5. The van der Waals surface area contributed by atoms with Crippen molar-refractivity contribution in [2.24, 2.45) is 0 Å². The van der Waals surface area contributed by atoms with Crippen LogP contribution in [0, 0.1) is 0 Å². The molecule has 0 fully saturated rings. The summed E-state index contributed by atoms with van der Waals surface area (Å²) in [6.07, 6.45) is 4.77. The van der Waals surface area contributed by atoms with Crippen LogP contribution in [0.4, 0.5) is 5.69 Å². The first kappa shape index (κ1) is 29.7. The maximum Gasteiger partial charge on any atom is 0.338 e. The van der Waals surface area contributed by atoms with Gasteiger partial charge in [0.25, 0.3) is 0 Å². The lowest BCUT2D eigenvalue weighted by Crippen LogP contribution is -2.16. The molecule has 0 aliphatic heterocycles. The fourth-order valence-electron chi connectivity index (χ4n) is 4.52. The van der Waals surface area contributed by atoms with Crippen molar-refractivity contribution in [2.45, 2.75) is 19.1 Å². The van der Waals surface area contributed by atoms with Crippen LogP contribution in [0.3, 0.4) is 0 Å². The summed E-state index contributed by atoms with van der Waals surface area (Å²) in [5.74, 6) is 0.620. The van der Waals surface area contributed by atoms with Crippen LogP contribution in [0.5, 0.6) is 11.5 Å². The molecule has 0 spiro atoms. The van der Waals surface area contributed by atoms with Crippen LogP contribution < -0.4 is 19.8 Å². The van der Waals surface area contributed by atoms with E-state index in [1.807, 2.05) is 42.6 Å². The molecule has 0 bridgehead atoms. The van der Waals surface area contributed by atoms with Crippen LogP contribution in [0.15, 0.2) is 85.3 Å². The molecular formula is C31H29Cl2N3O5. The number of carbonyl (C=O) groups is 1. The van der Waals surface area contributed by atoms with Crippen LogP contribution in [0.2, 0.25) is 10.0 Å². The number of halogens is 2. The predicted octanol–water partition coefficient (Wildman–Crippen LogP) is 6.88. The molecule has 4 N–H and O–H groups in total. The number of benzene rings is 3. The van der Waals surface area contributed by atoms with Crippen LogP contribution >= 0.6 is 23.2 Å². The van der Waals surface area contributed by atoms with Crippen molar-refractivity contribution in [1.29, 1.82) is 0 Å². The molecule has 0 saturated carbocycles. The minimum atomic E-state index is -0.688. The zero-order valence-electron chi connectivity index (χ0n) is 22.4. The highest BCUT2D eigenvalue weighted by molar-refractivity contribution is 6.35. The van der Waals surface area contributed by atoms with E-state index in [1.54, 1.807) is 50.9 Å². The van der Waals surface area contributed by atoms with E-state index in [0.29, 0.717) is 44.8 Å². The maximum absolute atomic E-state index is 13.3. The summed E-state index contributed by atoms with van der Waals surface area (Å²) in [7, 11) is 3.12. The molecule has 2 aromatic heterocycles. The lowest BCUT2D eigenvalue weighted by atomic mass is 10.0. The van der Waals surface area contributed by atoms with Gasteiger partial charge in [-0.1, -0.05) is 53.5 Å². The molecule has 5 aromatic rings. The molecule has 0 aliphatic rings. The van der Waals surface area contributed by atoms with Gasteiger partial charge in [0.05, 0.1) is 31.0 Å². The molecule has 41 heavy (non-hydrogen) atoms. The molecular weight excluding hydrogens is 565 g/mol. The van der Waals surface area contributed by atoms with Crippen LogP contribution in [0.1, 0.15) is 33.2 Å². The Labute approximate surface area is 247 Å². The topological polar surface area (TPSA) is 117 Å². The third kappa shape index (κ3) is 6.74. The highest BCUT2D eigenvalue weighted by atomic mass is 35.5. The van der Waals surface area contributed by atoms with E-state index in [9.17, 15) is 4.79 Å². The highest BCUT2D eigenvalue weighted by Gasteiger charge is 2.24. The van der Waals surface area contributed by atoms with Crippen molar-refractivity contribution < 1.29 is 29.5 Å². The van der Waals surface area contributed by atoms with E-state index >= 15 is 0 Å². The monoisotopic (exact) mass is 593 g/mol. The Balaban J connectivity index is 0.00000387. The Bertz CT molecular complexity index is 1620. The first-order valence-corrected chi connectivity index (χ1v) is 13.4. The van der Waals surface area contributed by atoms with Crippen LogP contribution in [0.25, 0.3) is 10.9 Å². The summed E-state index contributed by atoms with van der Waals surface area (Å²) in [6.45, 7) is 0.601. The number of para-hydroxylation sites is 1. The number of esters is 1. The molecule has 2 heterocycles. The zero-order chi connectivity index (χ0) is 28.1. The lowest BCUT2D eigenvalue weighted by Gasteiger charge is -2.20. The second kappa shape index (κ2) is 13.4. The summed E-state index contributed by atoms with van der Waals surface area (Å²) < 4.78 is 16.9. The molecule has 0 radical (unpaired) electrons. The summed E-state index contributed by atoms with van der Waals surface area (Å²) in [4.78, 5) is 19.5. The number of anilines is 1. The Kier molecular flexibility index (Phi) is 9.73. The molecule has 8 nitrogen and oxygen atoms in total. The van der Waals surface area contributed by atoms with Gasteiger partial charge in [0, 0.05) is 30.1 Å². The molecule has 0 amide bonds. The van der Waals surface area contributed by atoms with Gasteiger partial charge >= 0.3 is 5.97 Å². The van der Waals surface area contributed by atoms with Crippen molar-refractivity contribution in [3.8, 4) is 11.5 Å². The number of aromatic amines is 2. The fourth-order valence-corrected chi connectivity index (χ4v) is 5.06. The molecule has 0 aliphatic carbocycles. The molecule has 0 saturated heterocycles. The van der Waals surface area contributed by atoms with Gasteiger partial charge in [-0.2, -0.15) is 0 Å². The van der Waals surface area contributed by atoms with Crippen LogP contribution in [-0.2, 0) is 17.7 Å². The quantitative estimate of drug-likeness (QED) is 0.170. The lowest BCUT2D eigenvalue weighted by molar-refractivity contribution is -0.377. The van der Waals surface area contributed by atoms with E-state index in [0.717, 1.165) is 22.2 Å². The standard InChI is InChI=1S/C31H27Cl2N3O4.H2O/c1-38-27-11-10-22(14-29(27)39-2)28(15-23-24(32)17-34-18-25(23)33)40-31(37)21-8-6-19(7-9-21)16-36-26-5-3-4-20-12-13-35-30(20)26;/h3-14,17-18,28,35-36H,15-16H2,1-2H3;1H2/t28-;/m0./s1. The van der Waals surface area contributed by atoms with E-state index < -0.39 is 12.1 Å². The summed E-state index contributed by atoms with van der Waals surface area (Å²) in [5.41, 5.74) is 4.90. The van der Waals surface area contributed by atoms with E-state index in [-0.39, 0.29) is 11.9 Å². The van der Waals surface area contributed by atoms with Crippen molar-refractivity contribution >= 4 is 45.8 Å².